The van der Waals surface area contributed by atoms with E-state index in [2.05, 4.69) is 17.4 Å². The van der Waals surface area contributed by atoms with Gasteiger partial charge in [0.05, 0.1) is 0 Å². The van der Waals surface area contributed by atoms with Gasteiger partial charge in [-0.3, -0.25) is 9.63 Å². The number of carbonyl (C=O) groups excluding carboxylic acids is 2. The molecule has 8 nitrogen and oxygen atoms in total. The van der Waals surface area contributed by atoms with E-state index in [1.165, 1.54) is 7.05 Å². The summed E-state index contributed by atoms with van der Waals surface area (Å²) in [5.41, 5.74) is 4.44. The van der Waals surface area contributed by atoms with Gasteiger partial charge in [-0.2, -0.15) is 0 Å². The van der Waals surface area contributed by atoms with Crippen molar-refractivity contribution in [3.05, 3.63) is 59.7 Å². The van der Waals surface area contributed by atoms with Crippen LogP contribution in [0.15, 0.2) is 48.5 Å². The predicted octanol–water partition coefficient (Wildman–Crippen LogP) is 3.41. The number of fused-ring (bicyclic) bond motifs is 3. The second kappa shape index (κ2) is 10.3. The average molecular weight is 440 g/mol. The van der Waals surface area contributed by atoms with Crippen LogP contribution in [0.5, 0.6) is 0 Å². The Morgan fingerprint density at radius 3 is 2.12 bits per heavy atom. The van der Waals surface area contributed by atoms with Gasteiger partial charge in [0.25, 0.3) is 5.91 Å². The third kappa shape index (κ3) is 5.45. The highest BCUT2D eigenvalue weighted by Gasteiger charge is 2.30. The van der Waals surface area contributed by atoms with Gasteiger partial charge in [-0.15, -0.1) is 0 Å². The number of nitrogens with zero attached hydrogens (tertiary/aromatic N) is 1. The zero-order valence-electron chi connectivity index (χ0n) is 18.4. The first-order chi connectivity index (χ1) is 15.3. The molecule has 0 heterocycles. The van der Waals surface area contributed by atoms with Gasteiger partial charge >= 0.3 is 12.1 Å². The van der Waals surface area contributed by atoms with E-state index in [-0.39, 0.29) is 18.4 Å². The zero-order valence-corrected chi connectivity index (χ0v) is 18.4. The van der Waals surface area contributed by atoms with E-state index < -0.39 is 30.6 Å². The number of carboxylic acids is 1. The van der Waals surface area contributed by atoms with E-state index in [1.807, 2.05) is 50.2 Å². The maximum atomic E-state index is 12.7. The van der Waals surface area contributed by atoms with Gasteiger partial charge in [0.15, 0.2) is 6.61 Å². The fourth-order valence-corrected chi connectivity index (χ4v) is 3.91. The second-order valence-corrected chi connectivity index (χ2v) is 8.15. The molecule has 0 radical (unpaired) electrons. The van der Waals surface area contributed by atoms with Crippen molar-refractivity contribution in [1.82, 2.24) is 10.4 Å². The molecule has 1 unspecified atom stereocenters. The van der Waals surface area contributed by atoms with Crippen LogP contribution in [0.3, 0.4) is 0 Å². The average Bonchev–Trinajstić information content (AvgIpc) is 3.08. The molecule has 8 heteroatoms. The Morgan fingerprint density at radius 1 is 1.03 bits per heavy atom. The summed E-state index contributed by atoms with van der Waals surface area (Å²) in [6, 6.07) is 15.2. The molecule has 2 aromatic carbocycles. The molecule has 0 bridgehead atoms. The minimum Gasteiger partial charge on any atom is -0.479 e. The lowest BCUT2D eigenvalue weighted by Gasteiger charge is -2.24. The molecule has 3 rings (SSSR count). The summed E-state index contributed by atoms with van der Waals surface area (Å²) in [6.45, 7) is 3.31. The van der Waals surface area contributed by atoms with E-state index in [0.29, 0.717) is 6.42 Å². The fraction of sp³-hybridized carbons (Fsp3) is 0.375. The van der Waals surface area contributed by atoms with E-state index in [4.69, 9.17) is 14.7 Å². The van der Waals surface area contributed by atoms with Crippen LogP contribution < -0.4 is 5.32 Å². The largest absolute Gasteiger partial charge is 0.479 e. The summed E-state index contributed by atoms with van der Waals surface area (Å²) in [4.78, 5) is 40.8. The Hall–Kier alpha value is -3.39. The number of carbonyl (C=O) groups is 3. The van der Waals surface area contributed by atoms with Crippen LogP contribution in [-0.4, -0.2) is 54.4 Å². The Labute approximate surface area is 187 Å². The summed E-state index contributed by atoms with van der Waals surface area (Å²) in [5, 5.41) is 12.2. The van der Waals surface area contributed by atoms with E-state index in [0.717, 1.165) is 27.3 Å². The number of carboxylic acid groups (broad SMARTS) is 1. The van der Waals surface area contributed by atoms with Crippen molar-refractivity contribution in [3.8, 4) is 11.1 Å². The standard InChI is InChI=1S/C24H28N2O6/c1-15(2)12-21(23(29)26(3)32-14-22(27)28)25-24(30)31-13-20-18-10-6-4-8-16(18)17-9-5-7-11-19(17)20/h4-11,15,20-21H,12-14H2,1-3H3,(H,25,30)(H,27,28). The zero-order chi connectivity index (χ0) is 23.3. The quantitative estimate of drug-likeness (QED) is 0.579. The maximum absolute atomic E-state index is 12.7. The van der Waals surface area contributed by atoms with Crippen molar-refractivity contribution in [2.24, 2.45) is 5.92 Å². The van der Waals surface area contributed by atoms with Gasteiger partial charge in [0.2, 0.25) is 0 Å². The number of benzene rings is 2. The van der Waals surface area contributed by atoms with Crippen LogP contribution in [0.1, 0.15) is 37.3 Å². The first-order valence-corrected chi connectivity index (χ1v) is 10.5. The molecule has 170 valence electrons. The molecule has 2 aromatic rings. The van der Waals surface area contributed by atoms with Crippen LogP contribution >= 0.6 is 0 Å². The number of hydrogen-bond acceptors (Lipinski definition) is 5. The molecule has 0 fully saturated rings. The lowest BCUT2D eigenvalue weighted by molar-refractivity contribution is -0.187. The number of rotatable bonds is 9. The molecule has 1 aliphatic carbocycles. The number of aliphatic carboxylic acids is 1. The van der Waals surface area contributed by atoms with Crippen molar-refractivity contribution in [2.75, 3.05) is 20.3 Å². The van der Waals surface area contributed by atoms with Crippen LogP contribution in [0.2, 0.25) is 0 Å². The van der Waals surface area contributed by atoms with Gasteiger partial charge in [-0.1, -0.05) is 62.4 Å². The monoisotopic (exact) mass is 440 g/mol. The molecule has 0 aliphatic heterocycles. The van der Waals surface area contributed by atoms with Crippen LogP contribution in [0.4, 0.5) is 4.79 Å². The molecular weight excluding hydrogens is 412 g/mol. The van der Waals surface area contributed by atoms with Crippen LogP contribution in [-0.2, 0) is 19.2 Å². The van der Waals surface area contributed by atoms with E-state index in [1.54, 1.807) is 0 Å². The van der Waals surface area contributed by atoms with Gasteiger partial charge < -0.3 is 15.2 Å². The minimum atomic E-state index is -1.20. The van der Waals surface area contributed by atoms with Gasteiger partial charge in [-0.25, -0.2) is 14.7 Å². The summed E-state index contributed by atoms with van der Waals surface area (Å²) < 4.78 is 5.52. The van der Waals surface area contributed by atoms with E-state index >= 15 is 0 Å². The molecule has 2 amide bonds. The maximum Gasteiger partial charge on any atom is 0.407 e. The molecule has 0 spiro atoms. The summed E-state index contributed by atoms with van der Waals surface area (Å²) in [6.07, 6.45) is -0.360. The Balaban J connectivity index is 1.65. The summed E-state index contributed by atoms with van der Waals surface area (Å²) in [5.74, 6) is -1.73. The van der Waals surface area contributed by atoms with Gasteiger partial charge in [0, 0.05) is 13.0 Å². The lowest BCUT2D eigenvalue weighted by Crippen LogP contribution is -2.48. The third-order valence-corrected chi connectivity index (χ3v) is 5.33. The smallest absolute Gasteiger partial charge is 0.407 e. The predicted molar refractivity (Wildman–Crippen MR) is 118 cm³/mol. The highest BCUT2D eigenvalue weighted by molar-refractivity contribution is 5.85. The van der Waals surface area contributed by atoms with Gasteiger partial charge in [-0.05, 0) is 34.6 Å². The lowest BCUT2D eigenvalue weighted by atomic mass is 9.98. The number of alkyl carbamates (subject to hydrolysis) is 1. The minimum absolute atomic E-state index is 0.0889. The van der Waals surface area contributed by atoms with Crippen molar-refractivity contribution in [1.29, 1.82) is 0 Å². The number of hydrogen-bond donors (Lipinski definition) is 2. The topological polar surface area (TPSA) is 105 Å². The highest BCUT2D eigenvalue weighted by Crippen LogP contribution is 2.44. The first-order valence-electron chi connectivity index (χ1n) is 10.5. The Bertz CT molecular complexity index is 944. The summed E-state index contributed by atoms with van der Waals surface area (Å²) in [7, 11) is 1.32. The van der Waals surface area contributed by atoms with E-state index in [9.17, 15) is 14.4 Å². The molecule has 1 atom stereocenters. The normalized spacial score (nSPS) is 13.2. The van der Waals surface area contributed by atoms with Crippen LogP contribution in [0.25, 0.3) is 11.1 Å². The van der Waals surface area contributed by atoms with Crippen molar-refractivity contribution >= 4 is 18.0 Å². The Morgan fingerprint density at radius 2 is 1.59 bits per heavy atom. The van der Waals surface area contributed by atoms with Crippen LogP contribution in [0, 0.1) is 5.92 Å². The van der Waals surface area contributed by atoms with Crippen molar-refractivity contribution in [2.45, 2.75) is 32.2 Å². The number of likely N-dealkylation sites (N-methyl/N-ethyl adjacent to an activating group) is 1. The highest BCUT2D eigenvalue weighted by atomic mass is 16.7. The molecule has 1 aliphatic rings. The Kier molecular flexibility index (Phi) is 7.48. The third-order valence-electron chi connectivity index (χ3n) is 5.33. The number of nitrogens with one attached hydrogen (secondary N) is 1. The van der Waals surface area contributed by atoms with Crippen molar-refractivity contribution in [3.63, 3.8) is 0 Å². The molecule has 0 aromatic heterocycles. The molecule has 32 heavy (non-hydrogen) atoms. The van der Waals surface area contributed by atoms with Crippen molar-refractivity contribution < 1.29 is 29.1 Å². The molecular formula is C24H28N2O6. The fourth-order valence-electron chi connectivity index (χ4n) is 3.91. The molecule has 2 N–H and O–H groups in total. The number of ether oxygens (including phenoxy) is 1. The second-order valence-electron chi connectivity index (χ2n) is 8.15. The molecule has 0 saturated heterocycles. The molecule has 0 saturated carbocycles. The summed E-state index contributed by atoms with van der Waals surface area (Å²) >= 11 is 0. The van der Waals surface area contributed by atoms with Gasteiger partial charge in [0.1, 0.15) is 12.6 Å². The SMILES string of the molecule is CC(C)CC(NC(=O)OCC1c2ccccc2-c2ccccc21)C(=O)N(C)OCC(=O)O. The first kappa shape index (κ1) is 23.3. The number of hydroxylamine groups is 2. The number of amides is 2.